The van der Waals surface area contributed by atoms with Gasteiger partial charge in [-0.15, -0.1) is 0 Å². The first-order valence-electron chi connectivity index (χ1n) is 10.9. The first-order chi connectivity index (χ1) is 16.6. The van der Waals surface area contributed by atoms with Gasteiger partial charge >= 0.3 is 0 Å². The number of amides is 2. The van der Waals surface area contributed by atoms with E-state index in [1.54, 1.807) is 17.0 Å². The fourth-order valence-corrected chi connectivity index (χ4v) is 4.81. The molecule has 0 saturated carbocycles. The highest BCUT2D eigenvalue weighted by Gasteiger charge is 2.41. The average Bonchev–Trinajstić information content (AvgIpc) is 3.19. The quantitative estimate of drug-likeness (QED) is 0.551. The summed E-state index contributed by atoms with van der Waals surface area (Å²) in [6.45, 7) is 0.403. The Kier molecular flexibility index (Phi) is 6.47. The van der Waals surface area contributed by atoms with E-state index in [4.69, 9.17) is 16.6 Å². The fourth-order valence-electron chi connectivity index (χ4n) is 3.85. The van der Waals surface area contributed by atoms with Gasteiger partial charge in [-0.25, -0.2) is 9.89 Å². The van der Waals surface area contributed by atoms with Crippen LogP contribution in [0.2, 0.25) is 5.02 Å². The highest BCUT2D eigenvalue weighted by molar-refractivity contribution is 8.14. The van der Waals surface area contributed by atoms with Crippen LogP contribution >= 0.6 is 23.4 Å². The number of fused-ring (bicyclic) bond motifs is 3. The molecule has 6 nitrogen and oxygen atoms in total. The largest absolute Gasteiger partial charge is 0.351 e. The molecule has 170 valence electrons. The molecule has 5 rings (SSSR count). The molecule has 1 atom stereocenters. The van der Waals surface area contributed by atoms with Crippen molar-refractivity contribution in [1.82, 2.24) is 10.2 Å². The van der Waals surface area contributed by atoms with Crippen molar-refractivity contribution < 1.29 is 9.59 Å². The highest BCUT2D eigenvalue weighted by atomic mass is 35.5. The number of carbonyl (C=O) groups is 2. The predicted molar refractivity (Wildman–Crippen MR) is 137 cm³/mol. The predicted octanol–water partition coefficient (Wildman–Crippen LogP) is 4.59. The number of nitrogens with zero attached hydrogens (tertiary/aromatic N) is 3. The lowest BCUT2D eigenvalue weighted by molar-refractivity contribution is -0.124. The monoisotopic (exact) mass is 488 g/mol. The van der Waals surface area contributed by atoms with Gasteiger partial charge in [0.05, 0.1) is 11.4 Å². The van der Waals surface area contributed by atoms with Gasteiger partial charge in [-0.2, -0.15) is 0 Å². The Morgan fingerprint density at radius 1 is 0.971 bits per heavy atom. The van der Waals surface area contributed by atoms with Crippen molar-refractivity contribution in [3.05, 3.63) is 101 Å². The molecule has 2 aliphatic heterocycles. The van der Waals surface area contributed by atoms with Crippen LogP contribution in [-0.2, 0) is 22.6 Å². The molecule has 0 aliphatic carbocycles. The first kappa shape index (κ1) is 22.4. The van der Waals surface area contributed by atoms with Gasteiger partial charge in [0.15, 0.2) is 5.17 Å². The minimum absolute atomic E-state index is 0.124. The third-order valence-electron chi connectivity index (χ3n) is 5.55. The van der Waals surface area contributed by atoms with Crippen LogP contribution in [0.1, 0.15) is 16.7 Å². The van der Waals surface area contributed by atoms with E-state index in [1.165, 1.54) is 11.8 Å². The Hall–Kier alpha value is -3.42. The summed E-state index contributed by atoms with van der Waals surface area (Å²) in [6, 6.07) is 24.3. The summed E-state index contributed by atoms with van der Waals surface area (Å²) < 4.78 is 0. The number of benzene rings is 3. The molecule has 34 heavy (non-hydrogen) atoms. The number of carbonyl (C=O) groups excluding carboxylic acids is 2. The summed E-state index contributed by atoms with van der Waals surface area (Å²) in [4.78, 5) is 36.9. The molecule has 3 aromatic carbocycles. The third kappa shape index (κ3) is 4.76. The molecule has 2 heterocycles. The van der Waals surface area contributed by atoms with Gasteiger partial charge < -0.3 is 5.32 Å². The molecule has 3 aromatic rings. The molecule has 8 heteroatoms. The topological polar surface area (TPSA) is 74.1 Å². The molecule has 1 N–H and O–H groups in total. The van der Waals surface area contributed by atoms with Gasteiger partial charge in [-0.1, -0.05) is 78.0 Å². The van der Waals surface area contributed by atoms with Crippen LogP contribution in [0.4, 0.5) is 5.69 Å². The minimum atomic E-state index is -0.520. The lowest BCUT2D eigenvalue weighted by Crippen LogP contribution is -2.42. The molecule has 2 aliphatic rings. The number of hydrogen-bond acceptors (Lipinski definition) is 5. The molecule has 0 saturated heterocycles. The number of para-hydroxylation sites is 1. The van der Waals surface area contributed by atoms with Gasteiger partial charge in [0.1, 0.15) is 11.9 Å². The maximum Gasteiger partial charge on any atom is 0.259 e. The molecule has 0 fully saturated rings. The van der Waals surface area contributed by atoms with Crippen LogP contribution < -0.4 is 5.32 Å². The van der Waals surface area contributed by atoms with Gasteiger partial charge in [0, 0.05) is 23.6 Å². The fraction of sp³-hybridized carbons (Fsp3) is 0.154. The van der Waals surface area contributed by atoms with E-state index in [1.807, 2.05) is 66.7 Å². The number of hydrogen-bond donors (Lipinski definition) is 1. The normalized spacial score (nSPS) is 16.4. The van der Waals surface area contributed by atoms with Gasteiger partial charge in [0.25, 0.3) is 5.91 Å². The van der Waals surface area contributed by atoms with Gasteiger partial charge in [-0.3, -0.25) is 14.6 Å². The van der Waals surface area contributed by atoms with E-state index >= 15 is 0 Å². The Labute approximate surface area is 206 Å². The minimum Gasteiger partial charge on any atom is -0.351 e. The van der Waals surface area contributed by atoms with Crippen molar-refractivity contribution in [3.63, 3.8) is 0 Å². The van der Waals surface area contributed by atoms with Crippen molar-refractivity contribution in [2.75, 3.05) is 5.75 Å². The molecule has 2 amide bonds. The number of nitrogens with one attached hydrogen (secondary N) is 1. The smallest absolute Gasteiger partial charge is 0.259 e. The molecular formula is C26H21ClN4O2S. The van der Waals surface area contributed by atoms with E-state index in [-0.39, 0.29) is 17.6 Å². The zero-order chi connectivity index (χ0) is 23.5. The number of amidine groups is 2. The summed E-state index contributed by atoms with van der Waals surface area (Å²) in [5.41, 5.74) is 3.57. The van der Waals surface area contributed by atoms with Crippen LogP contribution in [-0.4, -0.2) is 39.5 Å². The summed E-state index contributed by atoms with van der Waals surface area (Å²) in [6.07, 6.45) is 0.515. The number of aliphatic imine (C=N–C) groups is 2. The summed E-state index contributed by atoms with van der Waals surface area (Å²) in [5.74, 6) is 0.462. The van der Waals surface area contributed by atoms with Crippen LogP contribution in [0.25, 0.3) is 0 Å². The summed E-state index contributed by atoms with van der Waals surface area (Å²) >= 11 is 7.15. The molecule has 0 unspecified atom stereocenters. The zero-order valence-electron chi connectivity index (χ0n) is 18.1. The molecular weight excluding hydrogens is 468 g/mol. The molecule has 0 radical (unpaired) electrons. The first-order valence-corrected chi connectivity index (χ1v) is 12.2. The average molecular weight is 489 g/mol. The van der Waals surface area contributed by atoms with Crippen LogP contribution in [0.5, 0.6) is 0 Å². The molecule has 0 bridgehead atoms. The second-order valence-electron chi connectivity index (χ2n) is 7.94. The van der Waals surface area contributed by atoms with E-state index in [0.29, 0.717) is 29.0 Å². The van der Waals surface area contributed by atoms with E-state index < -0.39 is 6.04 Å². The Balaban J connectivity index is 1.31. The van der Waals surface area contributed by atoms with E-state index in [9.17, 15) is 9.59 Å². The molecule has 0 aromatic heterocycles. The van der Waals surface area contributed by atoms with Crippen LogP contribution in [0.15, 0.2) is 88.8 Å². The van der Waals surface area contributed by atoms with Crippen molar-refractivity contribution in [2.24, 2.45) is 9.98 Å². The van der Waals surface area contributed by atoms with Crippen molar-refractivity contribution >= 4 is 51.9 Å². The number of rotatable bonds is 6. The number of halogens is 1. The second kappa shape index (κ2) is 9.83. The van der Waals surface area contributed by atoms with E-state index in [2.05, 4.69) is 10.3 Å². The number of thioether (sulfide) groups is 1. The maximum atomic E-state index is 13.4. The maximum absolute atomic E-state index is 13.4. The third-order valence-corrected chi connectivity index (χ3v) is 6.75. The van der Waals surface area contributed by atoms with Crippen molar-refractivity contribution in [2.45, 2.75) is 19.0 Å². The Morgan fingerprint density at radius 3 is 2.50 bits per heavy atom. The van der Waals surface area contributed by atoms with Gasteiger partial charge in [-0.05, 0) is 35.4 Å². The SMILES string of the molecule is O=C(CSC1=Nc2ccccc2C2=N[C@@H](Cc3ccccc3)C(=O)N12)NCc1ccc(Cl)cc1. The standard InChI is InChI=1S/C26H21ClN4O2S/c27-19-12-10-18(11-13-19)15-28-23(32)16-34-26-30-21-9-5-4-8-20(21)24-29-22(25(33)31(24)26)14-17-6-2-1-3-7-17/h1-13,22H,14-16H2,(H,28,32)/t22-/m0/s1. The summed E-state index contributed by atoms with van der Waals surface area (Å²) in [7, 11) is 0. The highest BCUT2D eigenvalue weighted by Crippen LogP contribution is 2.34. The van der Waals surface area contributed by atoms with Crippen LogP contribution in [0.3, 0.4) is 0 Å². The lowest BCUT2D eigenvalue weighted by atomic mass is 10.1. The van der Waals surface area contributed by atoms with Crippen molar-refractivity contribution in [1.29, 1.82) is 0 Å². The van der Waals surface area contributed by atoms with Crippen molar-refractivity contribution in [3.8, 4) is 0 Å². The zero-order valence-corrected chi connectivity index (χ0v) is 19.7. The van der Waals surface area contributed by atoms with E-state index in [0.717, 1.165) is 22.4 Å². The molecule has 0 spiro atoms. The second-order valence-corrected chi connectivity index (χ2v) is 9.31. The Bertz CT molecular complexity index is 1290. The lowest BCUT2D eigenvalue weighted by Gasteiger charge is -2.25. The Morgan fingerprint density at radius 2 is 1.71 bits per heavy atom. The summed E-state index contributed by atoms with van der Waals surface area (Å²) in [5, 5.41) is 4.02. The van der Waals surface area contributed by atoms with Crippen LogP contribution in [0, 0.1) is 0 Å². The van der Waals surface area contributed by atoms with Gasteiger partial charge in [0.2, 0.25) is 5.91 Å².